The molecule has 0 aromatic carbocycles. The number of unbranched alkanes of at least 4 members (excludes halogenated alkanes) is 8. The van der Waals surface area contributed by atoms with E-state index in [0.29, 0.717) is 6.42 Å². The Hall–Kier alpha value is -1.03. The van der Waals surface area contributed by atoms with Crippen LogP contribution in [0.2, 0.25) is 0 Å². The Balaban J connectivity index is 3.72. The van der Waals surface area contributed by atoms with E-state index in [-0.39, 0.29) is 13.0 Å². The number of ether oxygens (including phenoxy) is 1. The number of carboxylic acid groups (broad SMARTS) is 1. The second-order valence-corrected chi connectivity index (χ2v) is 8.37. The molecule has 1 unspecified atom stereocenters. The van der Waals surface area contributed by atoms with E-state index in [1.165, 1.54) is 32.1 Å². The maximum atomic E-state index is 11.6. The Morgan fingerprint density at radius 1 is 0.931 bits per heavy atom. The molecule has 172 valence electrons. The summed E-state index contributed by atoms with van der Waals surface area (Å²) in [5, 5.41) is 18.2. The molecule has 5 N–H and O–H groups in total. The summed E-state index contributed by atoms with van der Waals surface area (Å²) < 4.78 is 25.3. The maximum Gasteiger partial charge on any atom is 0.472 e. The number of rotatable bonds is 19. The smallest absolute Gasteiger partial charge is 0.472 e. The van der Waals surface area contributed by atoms with Gasteiger partial charge in [-0.25, -0.2) is 4.57 Å². The van der Waals surface area contributed by atoms with Crippen molar-refractivity contribution >= 4 is 19.8 Å². The number of nitrogens with two attached hydrogens (primary N) is 1. The van der Waals surface area contributed by atoms with Crippen molar-refractivity contribution in [1.29, 1.82) is 0 Å². The lowest BCUT2D eigenvalue weighted by molar-refractivity contribution is -0.147. The number of carboxylic acids is 1. The van der Waals surface area contributed by atoms with Crippen LogP contribution >= 0.6 is 7.82 Å². The standard InChI is InChI=1S/C18H36NO9P/c1-2-3-4-5-6-7-8-9-10-11-17(21)26-12-15(20)13-27-29(24,25)28-14-16(19)18(22)23/h15-16,20H,2-14,19H2,1H3,(H,22,23)(H,24,25)/t15-,16+/m1/s1. The van der Waals surface area contributed by atoms with Crippen LogP contribution in [0, 0.1) is 0 Å². The molecule has 11 heteroatoms. The van der Waals surface area contributed by atoms with Crippen molar-refractivity contribution in [3.63, 3.8) is 0 Å². The van der Waals surface area contributed by atoms with Crippen molar-refractivity contribution in [1.82, 2.24) is 0 Å². The van der Waals surface area contributed by atoms with E-state index in [2.05, 4.69) is 16.0 Å². The molecular formula is C18H36NO9P. The first-order valence-corrected chi connectivity index (χ1v) is 11.6. The minimum atomic E-state index is -4.57. The fourth-order valence-corrected chi connectivity index (χ4v) is 3.14. The van der Waals surface area contributed by atoms with Gasteiger partial charge in [-0.1, -0.05) is 58.3 Å². The van der Waals surface area contributed by atoms with Crippen molar-refractivity contribution < 1.29 is 43.0 Å². The van der Waals surface area contributed by atoms with Crippen molar-refractivity contribution in [3.8, 4) is 0 Å². The highest BCUT2D eigenvalue weighted by Crippen LogP contribution is 2.43. The summed E-state index contributed by atoms with van der Waals surface area (Å²) in [6, 6.07) is -1.48. The second kappa shape index (κ2) is 16.7. The average Bonchev–Trinajstić information content (AvgIpc) is 2.67. The number of phosphoric ester groups is 1. The van der Waals surface area contributed by atoms with Crippen LogP contribution in [0.4, 0.5) is 0 Å². The molecule has 0 aromatic heterocycles. The Morgan fingerprint density at radius 3 is 2.00 bits per heavy atom. The normalized spacial score (nSPS) is 15.4. The third-order valence-electron chi connectivity index (χ3n) is 4.09. The first-order valence-electron chi connectivity index (χ1n) is 10.1. The number of hydrogen-bond acceptors (Lipinski definition) is 8. The second-order valence-electron chi connectivity index (χ2n) is 6.92. The zero-order valence-electron chi connectivity index (χ0n) is 17.2. The number of hydrogen-bond donors (Lipinski definition) is 4. The van der Waals surface area contributed by atoms with Gasteiger partial charge in [-0.15, -0.1) is 0 Å². The van der Waals surface area contributed by atoms with E-state index in [0.717, 1.165) is 19.3 Å². The van der Waals surface area contributed by atoms with Gasteiger partial charge in [0.2, 0.25) is 0 Å². The van der Waals surface area contributed by atoms with Crippen LogP contribution in [0.25, 0.3) is 0 Å². The van der Waals surface area contributed by atoms with Gasteiger partial charge in [-0.2, -0.15) is 0 Å². The summed E-state index contributed by atoms with van der Waals surface area (Å²) in [6.07, 6.45) is 9.10. The van der Waals surface area contributed by atoms with Gasteiger partial charge < -0.3 is 25.6 Å². The summed E-state index contributed by atoms with van der Waals surface area (Å²) in [5.74, 6) is -1.85. The van der Waals surface area contributed by atoms with Crippen LogP contribution in [0.1, 0.15) is 71.1 Å². The first kappa shape index (κ1) is 28.0. The first-order chi connectivity index (χ1) is 13.7. The summed E-state index contributed by atoms with van der Waals surface area (Å²) in [4.78, 5) is 31.5. The minimum Gasteiger partial charge on any atom is -0.480 e. The quantitative estimate of drug-likeness (QED) is 0.133. The zero-order valence-corrected chi connectivity index (χ0v) is 18.1. The molecule has 0 spiro atoms. The molecule has 0 radical (unpaired) electrons. The van der Waals surface area contributed by atoms with Gasteiger partial charge in [0.1, 0.15) is 18.8 Å². The number of carbonyl (C=O) groups excluding carboxylic acids is 1. The Bertz CT molecular complexity index is 504. The lowest BCUT2D eigenvalue weighted by Crippen LogP contribution is -2.34. The lowest BCUT2D eigenvalue weighted by Gasteiger charge is -2.16. The molecule has 3 atom stereocenters. The van der Waals surface area contributed by atoms with Gasteiger partial charge >= 0.3 is 19.8 Å². The van der Waals surface area contributed by atoms with Crippen LogP contribution in [-0.4, -0.2) is 59.0 Å². The molecule has 0 saturated heterocycles. The fourth-order valence-electron chi connectivity index (χ4n) is 2.35. The van der Waals surface area contributed by atoms with Crippen LogP contribution in [0.5, 0.6) is 0 Å². The molecule has 0 bridgehead atoms. The van der Waals surface area contributed by atoms with Crippen LogP contribution in [0.15, 0.2) is 0 Å². The van der Waals surface area contributed by atoms with E-state index in [9.17, 15) is 24.2 Å². The largest absolute Gasteiger partial charge is 0.480 e. The summed E-state index contributed by atoms with van der Waals surface area (Å²) in [7, 11) is -4.57. The summed E-state index contributed by atoms with van der Waals surface area (Å²) in [6.45, 7) is 0.450. The van der Waals surface area contributed by atoms with Crippen LogP contribution in [0.3, 0.4) is 0 Å². The van der Waals surface area contributed by atoms with Crippen molar-refractivity contribution in [3.05, 3.63) is 0 Å². The molecule has 0 aromatic rings. The molecule has 0 aliphatic carbocycles. The molecule has 0 heterocycles. The van der Waals surface area contributed by atoms with E-state index < -0.39 is 45.1 Å². The molecule has 0 aliphatic rings. The Kier molecular flexibility index (Phi) is 16.1. The van der Waals surface area contributed by atoms with E-state index in [1.54, 1.807) is 0 Å². The van der Waals surface area contributed by atoms with Crippen LogP contribution in [-0.2, 0) is 27.9 Å². The number of aliphatic hydroxyl groups excluding tert-OH is 1. The predicted molar refractivity (Wildman–Crippen MR) is 106 cm³/mol. The number of carbonyl (C=O) groups is 2. The number of esters is 1. The molecule has 0 saturated carbocycles. The van der Waals surface area contributed by atoms with E-state index in [4.69, 9.17) is 15.6 Å². The molecule has 10 nitrogen and oxygen atoms in total. The lowest BCUT2D eigenvalue weighted by atomic mass is 10.1. The van der Waals surface area contributed by atoms with E-state index >= 15 is 0 Å². The monoisotopic (exact) mass is 441 g/mol. The number of aliphatic carboxylic acids is 1. The van der Waals surface area contributed by atoms with Gasteiger partial charge in [-0.3, -0.25) is 18.6 Å². The van der Waals surface area contributed by atoms with Crippen LogP contribution < -0.4 is 5.73 Å². The number of aliphatic hydroxyl groups is 1. The highest BCUT2D eigenvalue weighted by atomic mass is 31.2. The molecule has 0 amide bonds. The average molecular weight is 441 g/mol. The van der Waals surface area contributed by atoms with Crippen molar-refractivity contribution in [2.24, 2.45) is 5.73 Å². The molecule has 29 heavy (non-hydrogen) atoms. The van der Waals surface area contributed by atoms with Gasteiger partial charge in [0.05, 0.1) is 13.2 Å². The van der Waals surface area contributed by atoms with Crippen molar-refractivity contribution in [2.45, 2.75) is 83.3 Å². The summed E-state index contributed by atoms with van der Waals surface area (Å²) in [5.41, 5.74) is 5.13. The van der Waals surface area contributed by atoms with Gasteiger partial charge in [0.25, 0.3) is 0 Å². The highest BCUT2D eigenvalue weighted by Gasteiger charge is 2.26. The molecule has 0 rings (SSSR count). The van der Waals surface area contributed by atoms with Crippen molar-refractivity contribution in [2.75, 3.05) is 19.8 Å². The van der Waals surface area contributed by atoms with Gasteiger partial charge in [0, 0.05) is 6.42 Å². The Morgan fingerprint density at radius 2 is 1.45 bits per heavy atom. The Labute approximate surface area is 172 Å². The minimum absolute atomic E-state index is 0.248. The van der Waals surface area contributed by atoms with Gasteiger partial charge in [-0.05, 0) is 6.42 Å². The predicted octanol–water partition coefficient (Wildman–Crippen LogP) is 2.36. The molecular weight excluding hydrogens is 405 g/mol. The zero-order chi connectivity index (χ0) is 22.1. The molecule has 0 aliphatic heterocycles. The number of phosphoric acid groups is 1. The maximum absolute atomic E-state index is 11.6. The molecule has 0 fully saturated rings. The topological polar surface area (TPSA) is 166 Å². The fraction of sp³-hybridized carbons (Fsp3) is 0.889. The van der Waals surface area contributed by atoms with Gasteiger partial charge in [0.15, 0.2) is 0 Å². The summed E-state index contributed by atoms with van der Waals surface area (Å²) >= 11 is 0. The van der Waals surface area contributed by atoms with E-state index in [1.807, 2.05) is 0 Å². The third kappa shape index (κ3) is 17.5. The SMILES string of the molecule is CCCCCCCCCCCC(=O)OC[C@@H](O)COP(=O)(O)OC[C@H](N)C(=O)O. The third-order valence-corrected chi connectivity index (χ3v) is 5.04. The highest BCUT2D eigenvalue weighted by molar-refractivity contribution is 7.47.